The third-order valence-electron chi connectivity index (χ3n) is 7.02. The fraction of sp³-hybridized carbons (Fsp3) is 0.188. The number of amides is 1. The molecule has 0 spiro atoms. The van der Waals surface area contributed by atoms with Gasteiger partial charge >= 0.3 is 0 Å². The van der Waals surface area contributed by atoms with Crippen LogP contribution in [0.25, 0.3) is 44.2 Å². The van der Waals surface area contributed by atoms with Gasteiger partial charge in [-0.2, -0.15) is 0 Å². The van der Waals surface area contributed by atoms with Crippen molar-refractivity contribution in [2.24, 2.45) is 0 Å². The molecule has 0 aliphatic rings. The summed E-state index contributed by atoms with van der Waals surface area (Å²) in [6.07, 6.45) is 2.39. The molecule has 8 nitrogen and oxygen atoms in total. The number of aromatic amines is 1. The maximum absolute atomic E-state index is 13.8. The Morgan fingerprint density at radius 1 is 1.07 bits per heavy atom. The number of H-pyrrole nitrogens is 1. The number of ether oxygens (including phenoxy) is 2. The van der Waals surface area contributed by atoms with Crippen LogP contribution in [0.3, 0.4) is 0 Å². The number of benzene rings is 3. The van der Waals surface area contributed by atoms with Gasteiger partial charge in [-0.05, 0) is 61.4 Å². The molecule has 40 heavy (non-hydrogen) atoms. The number of fused-ring (bicyclic) bond motifs is 3. The quantitative estimate of drug-likeness (QED) is 0.214. The van der Waals surface area contributed by atoms with Crippen LogP contribution < -0.4 is 14.8 Å². The van der Waals surface area contributed by atoms with Gasteiger partial charge in [-0.25, -0.2) is 4.98 Å². The Morgan fingerprint density at radius 2 is 1.95 bits per heavy atom. The van der Waals surface area contributed by atoms with Crippen molar-refractivity contribution in [1.82, 2.24) is 15.3 Å². The lowest BCUT2D eigenvalue weighted by Crippen LogP contribution is -2.39. The van der Waals surface area contributed by atoms with Crippen LogP contribution in [0.4, 0.5) is 0 Å². The second kappa shape index (κ2) is 10.7. The minimum Gasteiger partial charge on any atom is -0.497 e. The first-order valence-electron chi connectivity index (χ1n) is 13.2. The molecule has 0 bridgehead atoms. The van der Waals surface area contributed by atoms with Gasteiger partial charge in [0.25, 0.3) is 5.91 Å². The SMILES string of the molecule is CCOc1cccc2cc(-c3cc(C(=O)N[C@@H](CO)Cc4c[nH]c5ccccc45)c4cc(OC)ccc4n3)oc12. The summed E-state index contributed by atoms with van der Waals surface area (Å²) in [6.45, 7) is 2.22. The molecule has 0 aliphatic carbocycles. The van der Waals surface area contributed by atoms with Gasteiger partial charge < -0.3 is 29.3 Å². The van der Waals surface area contributed by atoms with Crippen molar-refractivity contribution in [3.63, 3.8) is 0 Å². The van der Waals surface area contributed by atoms with E-state index in [1.54, 1.807) is 25.3 Å². The average Bonchev–Trinajstić information content (AvgIpc) is 3.61. The van der Waals surface area contributed by atoms with Crippen molar-refractivity contribution < 1.29 is 23.8 Å². The van der Waals surface area contributed by atoms with E-state index in [-0.39, 0.29) is 12.5 Å². The van der Waals surface area contributed by atoms with Crippen LogP contribution in [0.15, 0.2) is 83.4 Å². The number of rotatable bonds is 9. The summed E-state index contributed by atoms with van der Waals surface area (Å²) in [4.78, 5) is 21.8. The highest BCUT2D eigenvalue weighted by atomic mass is 16.5. The van der Waals surface area contributed by atoms with Crippen molar-refractivity contribution in [3.05, 3.63) is 90.1 Å². The number of furan rings is 1. The Kier molecular flexibility index (Phi) is 6.84. The van der Waals surface area contributed by atoms with Crippen LogP contribution >= 0.6 is 0 Å². The number of hydrogen-bond acceptors (Lipinski definition) is 6. The molecule has 1 atom stereocenters. The van der Waals surface area contributed by atoms with E-state index >= 15 is 0 Å². The van der Waals surface area contributed by atoms with E-state index < -0.39 is 6.04 Å². The number of aromatic nitrogens is 2. The molecule has 0 aliphatic heterocycles. The van der Waals surface area contributed by atoms with Crippen molar-refractivity contribution in [2.45, 2.75) is 19.4 Å². The number of aliphatic hydroxyl groups is 1. The van der Waals surface area contributed by atoms with Crippen LogP contribution in [-0.4, -0.2) is 47.3 Å². The van der Waals surface area contributed by atoms with Gasteiger partial charge in [0.05, 0.1) is 37.4 Å². The third-order valence-corrected chi connectivity index (χ3v) is 7.02. The smallest absolute Gasteiger partial charge is 0.252 e. The molecular formula is C32H29N3O5. The van der Waals surface area contributed by atoms with E-state index in [1.807, 2.05) is 67.7 Å². The highest BCUT2D eigenvalue weighted by Crippen LogP contribution is 2.35. The van der Waals surface area contributed by atoms with Gasteiger partial charge in [0, 0.05) is 27.9 Å². The van der Waals surface area contributed by atoms with Crippen LogP contribution in [0.5, 0.6) is 11.5 Å². The molecule has 0 saturated heterocycles. The molecule has 6 aromatic rings. The van der Waals surface area contributed by atoms with E-state index in [0.717, 1.165) is 21.9 Å². The largest absolute Gasteiger partial charge is 0.497 e. The van der Waals surface area contributed by atoms with Crippen LogP contribution in [0, 0.1) is 0 Å². The lowest BCUT2D eigenvalue weighted by molar-refractivity contribution is 0.0918. The number of pyridine rings is 1. The summed E-state index contributed by atoms with van der Waals surface area (Å²) < 4.78 is 17.4. The van der Waals surface area contributed by atoms with Gasteiger partial charge in [0.2, 0.25) is 0 Å². The first kappa shape index (κ1) is 25.5. The van der Waals surface area contributed by atoms with Crippen molar-refractivity contribution >= 4 is 38.7 Å². The third kappa shape index (κ3) is 4.74. The molecule has 3 N–H and O–H groups in total. The van der Waals surface area contributed by atoms with Gasteiger partial charge in [-0.3, -0.25) is 4.79 Å². The number of carbonyl (C=O) groups excluding carboxylic acids is 1. The minimum atomic E-state index is -0.496. The number of nitrogens with one attached hydrogen (secondary N) is 2. The summed E-state index contributed by atoms with van der Waals surface area (Å²) >= 11 is 0. The monoisotopic (exact) mass is 535 g/mol. The van der Waals surface area contributed by atoms with E-state index in [9.17, 15) is 9.90 Å². The fourth-order valence-electron chi connectivity index (χ4n) is 5.07. The predicted octanol–water partition coefficient (Wildman–Crippen LogP) is 5.87. The number of methoxy groups -OCH3 is 1. The zero-order valence-corrected chi connectivity index (χ0v) is 22.2. The van der Waals surface area contributed by atoms with E-state index in [2.05, 4.69) is 10.3 Å². The molecule has 0 saturated carbocycles. The summed E-state index contributed by atoms with van der Waals surface area (Å²) in [5, 5.41) is 15.8. The van der Waals surface area contributed by atoms with Crippen LogP contribution in [-0.2, 0) is 6.42 Å². The molecular weight excluding hydrogens is 506 g/mol. The van der Waals surface area contributed by atoms with Gasteiger partial charge in [-0.1, -0.05) is 30.3 Å². The summed E-state index contributed by atoms with van der Waals surface area (Å²) in [5.41, 5.74) is 4.19. The fourth-order valence-corrected chi connectivity index (χ4v) is 5.07. The lowest BCUT2D eigenvalue weighted by Gasteiger charge is -2.17. The molecule has 202 valence electrons. The first-order chi connectivity index (χ1) is 19.6. The Balaban J connectivity index is 1.38. The first-order valence-corrected chi connectivity index (χ1v) is 13.2. The summed E-state index contributed by atoms with van der Waals surface area (Å²) in [7, 11) is 1.58. The standard InChI is InChI=1S/C32H29N3O5/c1-3-39-29-10-6-7-19-14-30(40-31(19)29)28-16-25(24-15-22(38-2)11-12-27(24)35-28)32(37)34-21(18-36)13-20-17-33-26-9-5-4-8-23(20)26/h4-12,14-17,21,33,36H,3,13,18H2,1-2H3,(H,34,37)/t21-/m1/s1. The maximum Gasteiger partial charge on any atom is 0.252 e. The zero-order valence-electron chi connectivity index (χ0n) is 22.2. The van der Waals surface area contributed by atoms with Crippen LogP contribution in [0.2, 0.25) is 0 Å². The summed E-state index contributed by atoms with van der Waals surface area (Å²) in [5.74, 6) is 1.45. The topological polar surface area (TPSA) is 110 Å². The molecule has 0 fully saturated rings. The predicted molar refractivity (Wildman–Crippen MR) is 155 cm³/mol. The number of aliphatic hydroxyl groups excluding tert-OH is 1. The molecule has 0 unspecified atom stereocenters. The Bertz CT molecular complexity index is 1840. The Morgan fingerprint density at radius 3 is 2.77 bits per heavy atom. The zero-order chi connectivity index (χ0) is 27.6. The second-order valence-electron chi connectivity index (χ2n) is 9.57. The normalized spacial score (nSPS) is 12.2. The number of hydrogen-bond donors (Lipinski definition) is 3. The minimum absolute atomic E-state index is 0.214. The number of para-hydroxylation sites is 2. The van der Waals surface area contributed by atoms with Gasteiger partial charge in [0.1, 0.15) is 11.4 Å². The van der Waals surface area contributed by atoms with E-state index in [0.29, 0.717) is 58.0 Å². The van der Waals surface area contributed by atoms with Gasteiger partial charge in [-0.15, -0.1) is 0 Å². The van der Waals surface area contributed by atoms with Crippen LogP contribution in [0.1, 0.15) is 22.8 Å². The van der Waals surface area contributed by atoms with Crippen molar-refractivity contribution in [1.29, 1.82) is 0 Å². The van der Waals surface area contributed by atoms with E-state index in [1.165, 1.54) is 0 Å². The number of nitrogens with zero attached hydrogens (tertiary/aromatic N) is 1. The average molecular weight is 536 g/mol. The molecule has 3 aromatic carbocycles. The Hall–Kier alpha value is -4.82. The van der Waals surface area contributed by atoms with E-state index in [4.69, 9.17) is 18.9 Å². The molecule has 3 aromatic heterocycles. The lowest BCUT2D eigenvalue weighted by atomic mass is 10.0. The number of carbonyl (C=O) groups is 1. The summed E-state index contributed by atoms with van der Waals surface area (Å²) in [6, 6.07) is 22.2. The molecule has 1 amide bonds. The molecule has 0 radical (unpaired) electrons. The maximum atomic E-state index is 13.8. The van der Waals surface area contributed by atoms with Gasteiger partial charge in [0.15, 0.2) is 17.1 Å². The molecule has 8 heteroatoms. The van der Waals surface area contributed by atoms with Crippen molar-refractivity contribution in [2.75, 3.05) is 20.3 Å². The molecule has 3 heterocycles. The second-order valence-corrected chi connectivity index (χ2v) is 9.57. The Labute approximate surface area is 230 Å². The molecule has 6 rings (SSSR count). The highest BCUT2D eigenvalue weighted by Gasteiger charge is 2.21. The van der Waals surface area contributed by atoms with Crippen molar-refractivity contribution in [3.8, 4) is 23.0 Å². The highest BCUT2D eigenvalue weighted by molar-refractivity contribution is 6.07.